The van der Waals surface area contributed by atoms with Gasteiger partial charge in [-0.15, -0.1) is 11.3 Å². The van der Waals surface area contributed by atoms with Gasteiger partial charge in [0.25, 0.3) is 10.0 Å². The standard InChI is InChI=1S/C16H14N2O2S2/c1-11-3-5-13(6-4-11)22(19,20)18-12(2)10-17-14-7-8-21-15(14)9-16(17)18/h3-9H,2,10H2,1H3. The maximum absolute atomic E-state index is 13.0. The minimum Gasteiger partial charge on any atom is -0.320 e. The van der Waals surface area contributed by atoms with Gasteiger partial charge in [0.2, 0.25) is 0 Å². The topological polar surface area (TPSA) is 42.3 Å². The largest absolute Gasteiger partial charge is 0.320 e. The quantitative estimate of drug-likeness (QED) is 0.718. The molecule has 0 bridgehead atoms. The van der Waals surface area contributed by atoms with Crippen molar-refractivity contribution in [2.75, 3.05) is 4.31 Å². The van der Waals surface area contributed by atoms with E-state index in [1.54, 1.807) is 23.5 Å². The van der Waals surface area contributed by atoms with Crippen LogP contribution in [-0.4, -0.2) is 13.0 Å². The zero-order valence-electron chi connectivity index (χ0n) is 12.0. The highest BCUT2D eigenvalue weighted by molar-refractivity contribution is 7.93. The van der Waals surface area contributed by atoms with E-state index in [-0.39, 0.29) is 4.90 Å². The Morgan fingerprint density at radius 2 is 1.91 bits per heavy atom. The molecular formula is C16H14N2O2S2. The lowest BCUT2D eigenvalue weighted by atomic mass is 10.2. The number of benzene rings is 1. The third-order valence-corrected chi connectivity index (χ3v) is 6.54. The first-order valence-electron chi connectivity index (χ1n) is 6.85. The summed E-state index contributed by atoms with van der Waals surface area (Å²) in [6, 6.07) is 10.8. The first kappa shape index (κ1) is 13.6. The van der Waals surface area contributed by atoms with Gasteiger partial charge in [0.15, 0.2) is 0 Å². The summed E-state index contributed by atoms with van der Waals surface area (Å²) in [6.45, 7) is 6.39. The van der Waals surface area contributed by atoms with Gasteiger partial charge in [-0.2, -0.15) is 0 Å². The average molecular weight is 330 g/mol. The van der Waals surface area contributed by atoms with Crippen molar-refractivity contribution < 1.29 is 8.42 Å². The highest BCUT2D eigenvalue weighted by Crippen LogP contribution is 2.40. The lowest BCUT2D eigenvalue weighted by molar-refractivity contribution is 0.595. The fourth-order valence-corrected chi connectivity index (χ4v) is 5.12. The lowest BCUT2D eigenvalue weighted by Gasteiger charge is -2.18. The van der Waals surface area contributed by atoms with Crippen molar-refractivity contribution in [3.8, 4) is 0 Å². The molecule has 0 N–H and O–H groups in total. The molecule has 1 aliphatic heterocycles. The van der Waals surface area contributed by atoms with Crippen LogP contribution in [0.3, 0.4) is 0 Å². The molecule has 0 fully saturated rings. The number of anilines is 1. The lowest BCUT2D eigenvalue weighted by Crippen LogP contribution is -2.27. The first-order valence-corrected chi connectivity index (χ1v) is 9.17. The molecule has 0 saturated heterocycles. The van der Waals surface area contributed by atoms with E-state index in [0.717, 1.165) is 15.8 Å². The Kier molecular flexibility index (Phi) is 2.76. The van der Waals surface area contributed by atoms with Crippen molar-refractivity contribution in [3.05, 3.63) is 59.6 Å². The molecule has 0 radical (unpaired) electrons. The molecule has 6 heteroatoms. The van der Waals surface area contributed by atoms with Crippen LogP contribution >= 0.6 is 11.3 Å². The van der Waals surface area contributed by atoms with Gasteiger partial charge in [0.05, 0.1) is 21.7 Å². The predicted molar refractivity (Wildman–Crippen MR) is 89.8 cm³/mol. The third-order valence-electron chi connectivity index (χ3n) is 3.90. The molecule has 2 aromatic heterocycles. The Labute approximate surface area is 133 Å². The maximum atomic E-state index is 13.0. The van der Waals surface area contributed by atoms with Crippen molar-refractivity contribution in [3.63, 3.8) is 0 Å². The Morgan fingerprint density at radius 1 is 1.18 bits per heavy atom. The van der Waals surface area contributed by atoms with Gasteiger partial charge < -0.3 is 4.57 Å². The van der Waals surface area contributed by atoms with Gasteiger partial charge in [-0.1, -0.05) is 24.3 Å². The Morgan fingerprint density at radius 3 is 2.64 bits per heavy atom. The van der Waals surface area contributed by atoms with Gasteiger partial charge in [0, 0.05) is 5.70 Å². The molecule has 0 unspecified atom stereocenters. The number of hydrogen-bond acceptors (Lipinski definition) is 3. The number of fused-ring (bicyclic) bond motifs is 3. The average Bonchev–Trinajstić information content (AvgIpc) is 3.10. The van der Waals surface area contributed by atoms with Gasteiger partial charge >= 0.3 is 0 Å². The zero-order valence-corrected chi connectivity index (χ0v) is 13.6. The van der Waals surface area contributed by atoms with Crippen LogP contribution in [0.2, 0.25) is 0 Å². The van der Waals surface area contributed by atoms with Crippen LogP contribution in [0, 0.1) is 6.92 Å². The minimum absolute atomic E-state index is 0.289. The summed E-state index contributed by atoms with van der Waals surface area (Å²) in [6.07, 6.45) is 0. The number of sulfonamides is 1. The Bertz CT molecular complexity index is 995. The fraction of sp³-hybridized carbons (Fsp3) is 0.125. The number of hydrogen-bond donors (Lipinski definition) is 0. The molecule has 4 rings (SSSR count). The fourth-order valence-electron chi connectivity index (χ4n) is 2.82. The van der Waals surface area contributed by atoms with Crippen LogP contribution in [0.25, 0.3) is 10.2 Å². The second-order valence-electron chi connectivity index (χ2n) is 5.41. The van der Waals surface area contributed by atoms with Crippen molar-refractivity contribution in [1.29, 1.82) is 0 Å². The van der Waals surface area contributed by atoms with Gasteiger partial charge in [-0.25, -0.2) is 12.7 Å². The minimum atomic E-state index is -3.63. The third kappa shape index (κ3) is 1.77. The second kappa shape index (κ2) is 4.47. The highest BCUT2D eigenvalue weighted by Gasteiger charge is 2.35. The van der Waals surface area contributed by atoms with E-state index in [1.807, 2.05) is 41.1 Å². The molecule has 1 aromatic carbocycles. The summed E-state index contributed by atoms with van der Waals surface area (Å²) in [5.74, 6) is 0.674. The zero-order chi connectivity index (χ0) is 15.5. The molecule has 0 amide bonds. The molecule has 0 aliphatic carbocycles. The number of aryl methyl sites for hydroxylation is 1. The second-order valence-corrected chi connectivity index (χ2v) is 8.14. The van der Waals surface area contributed by atoms with Crippen molar-refractivity contribution in [2.45, 2.75) is 18.4 Å². The molecule has 0 atom stereocenters. The van der Waals surface area contributed by atoms with Crippen LogP contribution in [0.15, 0.2) is 58.9 Å². The molecule has 3 aromatic rings. The van der Waals surface area contributed by atoms with Crippen LogP contribution in [0.4, 0.5) is 5.82 Å². The summed E-state index contributed by atoms with van der Waals surface area (Å²) in [5.41, 5.74) is 2.66. The van der Waals surface area contributed by atoms with Crippen LogP contribution in [-0.2, 0) is 16.6 Å². The van der Waals surface area contributed by atoms with Gasteiger partial charge in [-0.05, 0) is 36.6 Å². The Balaban J connectivity index is 1.89. The molecule has 0 spiro atoms. The number of rotatable bonds is 2. The van der Waals surface area contributed by atoms with E-state index >= 15 is 0 Å². The van der Waals surface area contributed by atoms with E-state index in [1.165, 1.54) is 4.31 Å². The smallest absolute Gasteiger partial charge is 0.269 e. The molecule has 22 heavy (non-hydrogen) atoms. The maximum Gasteiger partial charge on any atom is 0.269 e. The summed E-state index contributed by atoms with van der Waals surface area (Å²) < 4.78 is 30.4. The number of allylic oxidation sites excluding steroid dienone is 1. The van der Waals surface area contributed by atoms with Gasteiger partial charge in [-0.3, -0.25) is 0 Å². The van der Waals surface area contributed by atoms with E-state index in [9.17, 15) is 8.42 Å². The van der Waals surface area contributed by atoms with E-state index in [2.05, 4.69) is 6.58 Å². The molecular weight excluding hydrogens is 316 g/mol. The van der Waals surface area contributed by atoms with Crippen molar-refractivity contribution in [1.82, 2.24) is 4.57 Å². The summed E-state index contributed by atoms with van der Waals surface area (Å²) >= 11 is 1.61. The predicted octanol–water partition coefficient (Wildman–Crippen LogP) is 3.73. The first-order chi connectivity index (χ1) is 10.5. The van der Waals surface area contributed by atoms with E-state index in [0.29, 0.717) is 18.1 Å². The Hall–Kier alpha value is -2.05. The summed E-state index contributed by atoms with van der Waals surface area (Å²) in [4.78, 5) is 0.289. The SMILES string of the molecule is C=C1Cn2c(cc3sccc32)N1S(=O)(=O)c1ccc(C)cc1. The normalized spacial score (nSPS) is 14.8. The van der Waals surface area contributed by atoms with Crippen molar-refractivity contribution in [2.24, 2.45) is 0 Å². The highest BCUT2D eigenvalue weighted by atomic mass is 32.2. The number of aromatic nitrogens is 1. The number of nitrogens with zero attached hydrogens (tertiary/aromatic N) is 2. The van der Waals surface area contributed by atoms with E-state index < -0.39 is 10.0 Å². The van der Waals surface area contributed by atoms with Crippen molar-refractivity contribution >= 4 is 37.4 Å². The summed E-state index contributed by atoms with van der Waals surface area (Å²) in [5, 5.41) is 2.01. The molecule has 4 nitrogen and oxygen atoms in total. The van der Waals surface area contributed by atoms with Crippen LogP contribution in [0.1, 0.15) is 5.56 Å². The van der Waals surface area contributed by atoms with Crippen LogP contribution in [0.5, 0.6) is 0 Å². The monoisotopic (exact) mass is 330 g/mol. The molecule has 112 valence electrons. The molecule has 3 heterocycles. The van der Waals surface area contributed by atoms with E-state index in [4.69, 9.17) is 0 Å². The molecule has 0 saturated carbocycles. The molecule has 1 aliphatic rings. The van der Waals surface area contributed by atoms with Gasteiger partial charge in [0.1, 0.15) is 5.82 Å². The number of thiophene rings is 1. The summed E-state index contributed by atoms with van der Waals surface area (Å²) in [7, 11) is -3.63. The van der Waals surface area contributed by atoms with Crippen LogP contribution < -0.4 is 4.31 Å².